The predicted molar refractivity (Wildman–Crippen MR) is 159 cm³/mol. The molecule has 232 valence electrons. The second-order valence-electron chi connectivity index (χ2n) is 12.5. The first-order valence-electron chi connectivity index (χ1n) is 14.9. The normalized spacial score (nSPS) is 29.2. The molecule has 2 aliphatic heterocycles. The zero-order valence-electron chi connectivity index (χ0n) is 24.3. The fourth-order valence-electron chi connectivity index (χ4n) is 8.01. The van der Waals surface area contributed by atoms with E-state index in [1.165, 1.54) is 17.0 Å². The first-order valence-corrected chi connectivity index (χ1v) is 15.3. The number of aliphatic hydroxyl groups is 1. The van der Waals surface area contributed by atoms with Gasteiger partial charge in [-0.3, -0.25) is 24.1 Å². The number of carbonyl (C=O) groups is 4. The molecular formula is C34H30ClFN2O7. The summed E-state index contributed by atoms with van der Waals surface area (Å²) in [6.45, 7) is 1.52. The molecule has 2 aliphatic carbocycles. The molecule has 1 saturated carbocycles. The van der Waals surface area contributed by atoms with Crippen molar-refractivity contribution < 1.29 is 38.2 Å². The maximum Gasteiger partial charge on any atom is 0.241 e. The number of halogens is 2. The molecule has 0 spiro atoms. The van der Waals surface area contributed by atoms with Crippen LogP contribution in [0.2, 0.25) is 5.02 Å². The number of amides is 4. The Balaban J connectivity index is 1.27. The molecule has 7 rings (SSSR count). The largest absolute Gasteiger partial charge is 0.508 e. The van der Waals surface area contributed by atoms with Crippen molar-refractivity contribution in [3.8, 4) is 5.75 Å². The minimum Gasteiger partial charge on any atom is -0.508 e. The molecule has 1 aromatic heterocycles. The Kier molecular flexibility index (Phi) is 6.98. The van der Waals surface area contributed by atoms with E-state index in [2.05, 4.69) is 0 Å². The molecule has 4 amide bonds. The van der Waals surface area contributed by atoms with Gasteiger partial charge in [0.05, 0.1) is 39.8 Å². The van der Waals surface area contributed by atoms with Gasteiger partial charge in [-0.25, -0.2) is 9.29 Å². The number of hydrogen-bond donors (Lipinski definition) is 2. The molecule has 3 heterocycles. The molecule has 9 nitrogen and oxygen atoms in total. The van der Waals surface area contributed by atoms with E-state index in [-0.39, 0.29) is 53.6 Å². The summed E-state index contributed by atoms with van der Waals surface area (Å²) in [4.78, 5) is 58.5. The maximum absolute atomic E-state index is 14.3. The Labute approximate surface area is 262 Å². The van der Waals surface area contributed by atoms with E-state index in [0.29, 0.717) is 18.6 Å². The minimum atomic E-state index is -1.33. The Morgan fingerprint density at radius 3 is 2.44 bits per heavy atom. The number of imide groups is 2. The summed E-state index contributed by atoms with van der Waals surface area (Å²) in [6.07, 6.45) is 2.79. The number of benzene rings is 2. The van der Waals surface area contributed by atoms with Gasteiger partial charge in [0.1, 0.15) is 29.7 Å². The van der Waals surface area contributed by atoms with E-state index in [9.17, 15) is 33.8 Å². The zero-order valence-corrected chi connectivity index (χ0v) is 25.0. The number of phenols is 1. The second-order valence-corrected chi connectivity index (χ2v) is 12.9. The number of fused-ring (bicyclic) bond motifs is 4. The van der Waals surface area contributed by atoms with Gasteiger partial charge in [-0.2, -0.15) is 0 Å². The molecule has 2 N–H and O–H groups in total. The molecule has 0 bridgehead atoms. The summed E-state index contributed by atoms with van der Waals surface area (Å²) < 4.78 is 20.0. The number of allylic oxidation sites excluding steroid dienone is 2. The monoisotopic (exact) mass is 632 g/mol. The van der Waals surface area contributed by atoms with Crippen LogP contribution in [0, 0.1) is 34.9 Å². The lowest BCUT2D eigenvalue weighted by Gasteiger charge is -2.48. The van der Waals surface area contributed by atoms with E-state index >= 15 is 0 Å². The van der Waals surface area contributed by atoms with Gasteiger partial charge >= 0.3 is 0 Å². The summed E-state index contributed by atoms with van der Waals surface area (Å²) in [5, 5.41) is 19.1. The number of nitrogens with zero attached hydrogens (tertiary/aromatic N) is 2. The van der Waals surface area contributed by atoms with Crippen molar-refractivity contribution in [2.75, 3.05) is 11.4 Å². The average Bonchev–Trinajstić information content (AvgIpc) is 3.65. The predicted octanol–water partition coefficient (Wildman–Crippen LogP) is 4.74. The smallest absolute Gasteiger partial charge is 0.241 e. The van der Waals surface area contributed by atoms with Crippen molar-refractivity contribution in [2.45, 2.75) is 38.7 Å². The Morgan fingerprint density at radius 2 is 1.76 bits per heavy atom. The summed E-state index contributed by atoms with van der Waals surface area (Å²) in [5.74, 6) is -4.93. The number of carbonyl (C=O) groups excluding carboxylic acids is 4. The summed E-state index contributed by atoms with van der Waals surface area (Å²) in [6, 6.07) is 13.5. The summed E-state index contributed by atoms with van der Waals surface area (Å²) >= 11 is 6.04. The van der Waals surface area contributed by atoms with Crippen LogP contribution < -0.4 is 4.90 Å². The van der Waals surface area contributed by atoms with E-state index in [0.717, 1.165) is 22.1 Å². The van der Waals surface area contributed by atoms with Crippen molar-refractivity contribution in [1.29, 1.82) is 0 Å². The first kappa shape index (κ1) is 29.4. The molecule has 4 aliphatic rings. The highest BCUT2D eigenvalue weighted by Gasteiger charge is 2.68. The van der Waals surface area contributed by atoms with Crippen molar-refractivity contribution in [3.63, 3.8) is 0 Å². The quantitative estimate of drug-likeness (QED) is 0.297. The molecule has 2 saturated heterocycles. The lowest BCUT2D eigenvalue weighted by Crippen LogP contribution is -2.48. The molecular weight excluding hydrogens is 603 g/mol. The highest BCUT2D eigenvalue weighted by atomic mass is 35.5. The highest BCUT2D eigenvalue weighted by molar-refractivity contribution is 6.31. The Hall–Kier alpha value is -4.28. The van der Waals surface area contributed by atoms with Gasteiger partial charge in [-0.1, -0.05) is 35.4 Å². The number of aliphatic hydroxyl groups excluding tert-OH is 1. The topological polar surface area (TPSA) is 128 Å². The first-order chi connectivity index (χ1) is 21.5. The third kappa shape index (κ3) is 4.37. The number of hydrogen-bond acceptors (Lipinski definition) is 7. The highest BCUT2D eigenvalue weighted by Crippen LogP contribution is 2.63. The lowest BCUT2D eigenvalue weighted by atomic mass is 9.52. The van der Waals surface area contributed by atoms with Gasteiger partial charge in [0.2, 0.25) is 23.6 Å². The molecule has 11 heteroatoms. The second kappa shape index (κ2) is 10.7. The van der Waals surface area contributed by atoms with E-state index in [1.54, 1.807) is 43.3 Å². The fourth-order valence-corrected chi connectivity index (χ4v) is 8.19. The van der Waals surface area contributed by atoms with E-state index < -0.39 is 52.6 Å². The third-order valence-corrected chi connectivity index (χ3v) is 10.5. The standard InChI is InChI=1S/C34H30ClFN2O7/c1-34-24(31(42)38(33(34)44)18-4-10-26(36)25(35)14-18)15-23-21(29(34)27-11-7-20(16-39)45-27)8-9-22-28(23)32(43)37(30(22)41)13-12-17-2-5-19(40)6-3-17/h2-8,10-11,14,22-24,28-29,39-40H,9,12-13,15-16H2,1H3. The van der Waals surface area contributed by atoms with Crippen molar-refractivity contribution in [1.82, 2.24) is 4.90 Å². The number of furan rings is 1. The van der Waals surface area contributed by atoms with Gasteiger partial charge in [-0.05, 0) is 80.1 Å². The van der Waals surface area contributed by atoms with Crippen LogP contribution in [-0.2, 0) is 32.2 Å². The molecule has 0 radical (unpaired) electrons. The Bertz CT molecular complexity index is 1780. The third-order valence-electron chi connectivity index (χ3n) is 10.2. The fraction of sp³-hybridized carbons (Fsp3) is 0.353. The molecule has 3 aromatic rings. The van der Waals surface area contributed by atoms with Gasteiger partial charge in [-0.15, -0.1) is 0 Å². The number of rotatable bonds is 6. The SMILES string of the molecule is CC12C(=O)N(c3ccc(F)c(Cl)c3)C(=O)C1CC1C(=CCC3C(=O)N(CCc4ccc(O)cc4)C(=O)C31)C2c1ccc(CO)o1. The van der Waals surface area contributed by atoms with Crippen LogP contribution >= 0.6 is 11.6 Å². The molecule has 45 heavy (non-hydrogen) atoms. The van der Waals surface area contributed by atoms with Gasteiger partial charge < -0.3 is 14.6 Å². The number of likely N-dealkylation sites (tertiary alicyclic amines) is 1. The lowest BCUT2D eigenvalue weighted by molar-refractivity contribution is -0.140. The summed E-state index contributed by atoms with van der Waals surface area (Å²) in [5.41, 5.74) is 0.435. The van der Waals surface area contributed by atoms with Gasteiger partial charge in [0.25, 0.3) is 0 Å². The molecule has 6 atom stereocenters. The number of phenolic OH excluding ortho intramolecular Hbond substituents is 1. The van der Waals surface area contributed by atoms with Crippen LogP contribution in [0.5, 0.6) is 5.75 Å². The van der Waals surface area contributed by atoms with Crippen molar-refractivity contribution >= 4 is 40.9 Å². The van der Waals surface area contributed by atoms with Crippen LogP contribution in [0.4, 0.5) is 10.1 Å². The van der Waals surface area contributed by atoms with Crippen LogP contribution in [0.3, 0.4) is 0 Å². The Morgan fingerprint density at radius 1 is 1.00 bits per heavy atom. The minimum absolute atomic E-state index is 0.124. The van der Waals surface area contributed by atoms with Gasteiger partial charge in [0.15, 0.2) is 0 Å². The van der Waals surface area contributed by atoms with E-state index in [4.69, 9.17) is 16.0 Å². The molecule has 2 aromatic carbocycles. The number of aromatic hydroxyl groups is 1. The molecule has 3 fully saturated rings. The average molecular weight is 633 g/mol. The maximum atomic E-state index is 14.3. The van der Waals surface area contributed by atoms with Crippen molar-refractivity contribution in [3.05, 3.63) is 94.2 Å². The van der Waals surface area contributed by atoms with Gasteiger partial charge in [0, 0.05) is 6.54 Å². The van der Waals surface area contributed by atoms with Crippen LogP contribution in [0.15, 0.2) is 70.7 Å². The molecule has 6 unspecified atom stereocenters. The van der Waals surface area contributed by atoms with Crippen molar-refractivity contribution in [2.24, 2.45) is 29.1 Å². The number of anilines is 1. The van der Waals surface area contributed by atoms with E-state index in [1.807, 2.05) is 6.08 Å². The zero-order chi connectivity index (χ0) is 31.8. The van der Waals surface area contributed by atoms with Crippen LogP contribution in [0.1, 0.15) is 42.8 Å². The van der Waals surface area contributed by atoms with Crippen LogP contribution in [-0.4, -0.2) is 45.3 Å². The summed E-state index contributed by atoms with van der Waals surface area (Å²) in [7, 11) is 0. The van der Waals surface area contributed by atoms with Crippen LogP contribution in [0.25, 0.3) is 0 Å².